The molecule has 4 nitrogen and oxygen atoms in total. The molecule has 0 aromatic rings. The molecule has 0 bridgehead atoms. The van der Waals surface area contributed by atoms with Crippen molar-refractivity contribution < 1.29 is 27.9 Å². The van der Waals surface area contributed by atoms with Gasteiger partial charge < -0.3 is 14.7 Å². The summed E-state index contributed by atoms with van der Waals surface area (Å²) >= 11 is 0. The van der Waals surface area contributed by atoms with Gasteiger partial charge in [-0.1, -0.05) is 5.16 Å². The molecule has 106 valence electrons. The fraction of sp³-hybridized carbons (Fsp3) is 0.909. The molecule has 0 heterocycles. The van der Waals surface area contributed by atoms with E-state index in [0.29, 0.717) is 25.9 Å². The Balaban J connectivity index is 1.96. The first kappa shape index (κ1) is 15.2. The summed E-state index contributed by atoms with van der Waals surface area (Å²) in [7, 11) is 0. The quantitative estimate of drug-likeness (QED) is 0.458. The van der Waals surface area contributed by atoms with Crippen molar-refractivity contribution in [3.63, 3.8) is 0 Å². The van der Waals surface area contributed by atoms with Crippen LogP contribution in [-0.4, -0.2) is 43.0 Å². The van der Waals surface area contributed by atoms with Crippen molar-refractivity contribution in [2.24, 2.45) is 5.16 Å². The molecule has 0 aromatic heterocycles. The average Bonchev–Trinajstić information content (AvgIpc) is 2.33. The van der Waals surface area contributed by atoms with Crippen molar-refractivity contribution in [1.29, 1.82) is 0 Å². The number of hydrogen-bond donors (Lipinski definition) is 1. The summed E-state index contributed by atoms with van der Waals surface area (Å²) in [6.07, 6.45) is -0.681. The lowest BCUT2D eigenvalue weighted by Gasteiger charge is -2.22. The Morgan fingerprint density at radius 1 is 1.22 bits per heavy atom. The van der Waals surface area contributed by atoms with Gasteiger partial charge in [0.2, 0.25) is 0 Å². The van der Waals surface area contributed by atoms with Crippen molar-refractivity contribution in [3.05, 3.63) is 0 Å². The maximum absolute atomic E-state index is 11.7. The van der Waals surface area contributed by atoms with Crippen LogP contribution in [0.3, 0.4) is 0 Å². The van der Waals surface area contributed by atoms with Gasteiger partial charge in [-0.25, -0.2) is 0 Å². The Bertz CT molecular complexity index is 259. The Labute approximate surface area is 104 Å². The molecule has 0 aromatic carbocycles. The van der Waals surface area contributed by atoms with Gasteiger partial charge in [0.15, 0.2) is 0 Å². The zero-order chi connectivity index (χ0) is 13.4. The summed E-state index contributed by atoms with van der Waals surface area (Å²) in [4.78, 5) is 0. The van der Waals surface area contributed by atoms with E-state index in [4.69, 9.17) is 9.94 Å². The van der Waals surface area contributed by atoms with Crippen LogP contribution in [0.25, 0.3) is 0 Å². The van der Waals surface area contributed by atoms with Crippen LogP contribution in [0.5, 0.6) is 0 Å². The smallest absolute Gasteiger partial charge is 0.411 e. The standard InChI is InChI=1S/C11H18F3NO3/c12-11(13,14)8-17-6-1-7-18-10-4-2-9(15-16)3-5-10/h10,16H,1-8H2. The number of halogens is 3. The number of ether oxygens (including phenoxy) is 2. The fourth-order valence-electron chi connectivity index (χ4n) is 1.79. The zero-order valence-electron chi connectivity index (χ0n) is 10.1. The highest BCUT2D eigenvalue weighted by molar-refractivity contribution is 5.84. The van der Waals surface area contributed by atoms with E-state index in [2.05, 4.69) is 9.89 Å². The second-order valence-electron chi connectivity index (χ2n) is 4.26. The summed E-state index contributed by atoms with van der Waals surface area (Å²) in [5.74, 6) is 0. The number of hydrogen-bond acceptors (Lipinski definition) is 4. The van der Waals surface area contributed by atoms with Crippen molar-refractivity contribution in [1.82, 2.24) is 0 Å². The topological polar surface area (TPSA) is 51.1 Å². The third kappa shape index (κ3) is 6.80. The maximum atomic E-state index is 11.7. The van der Waals surface area contributed by atoms with Gasteiger partial charge in [0, 0.05) is 13.2 Å². The van der Waals surface area contributed by atoms with Crippen molar-refractivity contribution in [3.8, 4) is 0 Å². The Morgan fingerprint density at radius 3 is 2.44 bits per heavy atom. The normalized spacial score (nSPS) is 21.1. The highest BCUT2D eigenvalue weighted by Gasteiger charge is 2.27. The Hall–Kier alpha value is -0.820. The molecular weight excluding hydrogens is 251 g/mol. The largest absolute Gasteiger partial charge is 0.411 e. The third-order valence-electron chi connectivity index (χ3n) is 2.70. The van der Waals surface area contributed by atoms with Gasteiger partial charge in [-0.05, 0) is 32.1 Å². The fourth-order valence-corrected chi connectivity index (χ4v) is 1.79. The number of alkyl halides is 3. The minimum Gasteiger partial charge on any atom is -0.411 e. The van der Waals surface area contributed by atoms with Crippen molar-refractivity contribution in [2.75, 3.05) is 19.8 Å². The highest BCUT2D eigenvalue weighted by Crippen LogP contribution is 2.19. The summed E-state index contributed by atoms with van der Waals surface area (Å²) in [5.41, 5.74) is 0.781. The summed E-state index contributed by atoms with van der Waals surface area (Å²) in [6, 6.07) is 0. The molecule has 0 saturated heterocycles. The van der Waals surface area contributed by atoms with E-state index in [0.717, 1.165) is 18.6 Å². The van der Waals surface area contributed by atoms with E-state index in [1.54, 1.807) is 0 Å². The summed E-state index contributed by atoms with van der Waals surface area (Å²) < 4.78 is 45.2. The molecule has 7 heteroatoms. The van der Waals surface area contributed by atoms with Crippen LogP contribution >= 0.6 is 0 Å². The van der Waals surface area contributed by atoms with Crippen LogP contribution in [0.2, 0.25) is 0 Å². The summed E-state index contributed by atoms with van der Waals surface area (Å²) in [6.45, 7) is -0.754. The molecule has 18 heavy (non-hydrogen) atoms. The lowest BCUT2D eigenvalue weighted by atomic mass is 9.96. The lowest BCUT2D eigenvalue weighted by molar-refractivity contribution is -0.174. The molecule has 0 unspecified atom stereocenters. The molecular formula is C11H18F3NO3. The van der Waals surface area contributed by atoms with Crippen LogP contribution in [0, 0.1) is 0 Å². The molecule has 0 amide bonds. The predicted octanol–water partition coefficient (Wildman–Crippen LogP) is 2.74. The minimum absolute atomic E-state index is 0.0512. The van der Waals surface area contributed by atoms with E-state index in [1.165, 1.54) is 0 Å². The van der Waals surface area contributed by atoms with Crippen molar-refractivity contribution in [2.45, 2.75) is 44.4 Å². The molecule has 0 radical (unpaired) electrons. The van der Waals surface area contributed by atoms with E-state index < -0.39 is 12.8 Å². The minimum atomic E-state index is -4.26. The van der Waals surface area contributed by atoms with Crippen LogP contribution in [0.1, 0.15) is 32.1 Å². The van der Waals surface area contributed by atoms with Gasteiger partial charge in [0.05, 0.1) is 11.8 Å². The molecule has 1 N–H and O–H groups in total. The second kappa shape index (κ2) is 7.58. The SMILES string of the molecule is ON=C1CCC(OCCCOCC(F)(F)F)CC1. The van der Waals surface area contributed by atoms with Crippen LogP contribution in [-0.2, 0) is 9.47 Å². The highest BCUT2D eigenvalue weighted by atomic mass is 19.4. The van der Waals surface area contributed by atoms with Crippen LogP contribution < -0.4 is 0 Å². The third-order valence-corrected chi connectivity index (χ3v) is 2.70. The Morgan fingerprint density at radius 2 is 1.89 bits per heavy atom. The van der Waals surface area contributed by atoms with Gasteiger partial charge >= 0.3 is 6.18 Å². The molecule has 1 aliphatic carbocycles. The summed E-state index contributed by atoms with van der Waals surface area (Å²) in [5, 5.41) is 11.7. The van der Waals surface area contributed by atoms with Gasteiger partial charge in [-0.2, -0.15) is 13.2 Å². The van der Waals surface area contributed by atoms with Gasteiger partial charge in [0.1, 0.15) is 6.61 Å². The van der Waals surface area contributed by atoms with Gasteiger partial charge in [-0.15, -0.1) is 0 Å². The van der Waals surface area contributed by atoms with E-state index >= 15 is 0 Å². The second-order valence-corrected chi connectivity index (χ2v) is 4.26. The van der Waals surface area contributed by atoms with Gasteiger partial charge in [0.25, 0.3) is 0 Å². The molecule has 0 spiro atoms. The molecule has 1 aliphatic rings. The molecule has 0 aliphatic heterocycles. The first-order valence-corrected chi connectivity index (χ1v) is 5.97. The zero-order valence-corrected chi connectivity index (χ0v) is 10.1. The number of rotatable bonds is 6. The predicted molar refractivity (Wildman–Crippen MR) is 58.9 cm³/mol. The number of nitrogens with zero attached hydrogens (tertiary/aromatic N) is 1. The van der Waals surface area contributed by atoms with E-state index in [1.807, 2.05) is 0 Å². The van der Waals surface area contributed by atoms with E-state index in [9.17, 15) is 13.2 Å². The Kier molecular flexibility index (Phi) is 6.42. The first-order valence-electron chi connectivity index (χ1n) is 5.97. The van der Waals surface area contributed by atoms with Crippen LogP contribution in [0.4, 0.5) is 13.2 Å². The maximum Gasteiger partial charge on any atom is 0.411 e. The molecule has 1 saturated carbocycles. The lowest BCUT2D eigenvalue weighted by Crippen LogP contribution is -2.23. The van der Waals surface area contributed by atoms with E-state index in [-0.39, 0.29) is 12.7 Å². The average molecular weight is 269 g/mol. The number of oxime groups is 1. The molecule has 0 atom stereocenters. The monoisotopic (exact) mass is 269 g/mol. The molecule has 1 rings (SSSR count). The first-order chi connectivity index (χ1) is 8.51. The van der Waals surface area contributed by atoms with Gasteiger partial charge in [-0.3, -0.25) is 0 Å². The van der Waals surface area contributed by atoms with Crippen molar-refractivity contribution >= 4 is 5.71 Å². The van der Waals surface area contributed by atoms with Crippen LogP contribution in [0.15, 0.2) is 5.16 Å². The molecule has 1 fully saturated rings.